The second kappa shape index (κ2) is 7.59. The predicted octanol–water partition coefficient (Wildman–Crippen LogP) is 3.25. The molecule has 3 rings (SSSR count). The maximum absolute atomic E-state index is 12.4. The summed E-state index contributed by atoms with van der Waals surface area (Å²) in [4.78, 5) is 24.6. The van der Waals surface area contributed by atoms with Gasteiger partial charge in [-0.25, -0.2) is 13.2 Å². The van der Waals surface area contributed by atoms with Gasteiger partial charge in [-0.2, -0.15) is 0 Å². The van der Waals surface area contributed by atoms with Gasteiger partial charge in [-0.15, -0.1) is 0 Å². The molecule has 0 bridgehead atoms. The van der Waals surface area contributed by atoms with Crippen molar-refractivity contribution < 1.29 is 22.7 Å². The van der Waals surface area contributed by atoms with Gasteiger partial charge in [0.05, 0.1) is 11.8 Å². The minimum absolute atomic E-state index is 0.319. The van der Waals surface area contributed by atoms with Gasteiger partial charge in [0.2, 0.25) is 10.0 Å². The van der Waals surface area contributed by atoms with E-state index in [-0.39, 0.29) is 5.78 Å². The number of rotatable bonds is 6. The van der Waals surface area contributed by atoms with Crippen LogP contribution in [0, 0.1) is 0 Å². The zero-order chi connectivity index (χ0) is 19.4. The molecule has 0 aliphatic rings. The number of hydrogen-bond acceptors (Lipinski definition) is 5. The number of esters is 1. The molecular formula is C20H17NO5S. The largest absolute Gasteiger partial charge is 0.454 e. The summed E-state index contributed by atoms with van der Waals surface area (Å²) in [6.07, 6.45) is 1.04. The molecule has 6 nitrogen and oxygen atoms in total. The number of ether oxygens (including phenoxy) is 1. The van der Waals surface area contributed by atoms with Gasteiger partial charge in [0.1, 0.15) is 0 Å². The van der Waals surface area contributed by atoms with Gasteiger partial charge < -0.3 is 4.74 Å². The molecule has 1 N–H and O–H groups in total. The van der Waals surface area contributed by atoms with E-state index >= 15 is 0 Å². The Hall–Kier alpha value is -3.19. The first kappa shape index (κ1) is 18.6. The fourth-order valence-electron chi connectivity index (χ4n) is 2.63. The monoisotopic (exact) mass is 383 g/mol. The summed E-state index contributed by atoms with van der Waals surface area (Å²) >= 11 is 0. The van der Waals surface area contributed by atoms with E-state index in [9.17, 15) is 18.0 Å². The number of sulfonamides is 1. The summed E-state index contributed by atoms with van der Waals surface area (Å²) in [7, 11) is -3.38. The number of fused-ring (bicyclic) bond motifs is 1. The van der Waals surface area contributed by atoms with Crippen LogP contribution in [0.2, 0.25) is 0 Å². The number of nitrogens with one attached hydrogen (secondary N) is 1. The Kier molecular flexibility index (Phi) is 5.23. The third-order valence-electron chi connectivity index (χ3n) is 3.85. The number of carbonyl (C=O) groups is 2. The molecule has 3 aromatic rings. The summed E-state index contributed by atoms with van der Waals surface area (Å²) in [5.41, 5.74) is 1.06. The molecule has 0 unspecified atom stereocenters. The number of hydrogen-bond donors (Lipinski definition) is 1. The third kappa shape index (κ3) is 4.71. The van der Waals surface area contributed by atoms with Crippen LogP contribution in [-0.4, -0.2) is 33.0 Å². The van der Waals surface area contributed by atoms with Gasteiger partial charge in [0, 0.05) is 11.3 Å². The minimum Gasteiger partial charge on any atom is -0.454 e. The van der Waals surface area contributed by atoms with E-state index in [0.29, 0.717) is 16.8 Å². The van der Waals surface area contributed by atoms with Gasteiger partial charge in [0.25, 0.3) is 0 Å². The zero-order valence-electron chi connectivity index (χ0n) is 14.5. The van der Waals surface area contributed by atoms with Gasteiger partial charge in [0.15, 0.2) is 12.4 Å². The lowest BCUT2D eigenvalue weighted by Crippen LogP contribution is -2.15. The highest BCUT2D eigenvalue weighted by Crippen LogP contribution is 2.19. The molecule has 0 saturated carbocycles. The van der Waals surface area contributed by atoms with Crippen molar-refractivity contribution in [2.45, 2.75) is 0 Å². The first-order chi connectivity index (χ1) is 12.8. The fraction of sp³-hybridized carbons (Fsp3) is 0.100. The van der Waals surface area contributed by atoms with Crippen molar-refractivity contribution in [2.24, 2.45) is 0 Å². The quantitative estimate of drug-likeness (QED) is 0.521. The van der Waals surface area contributed by atoms with Crippen molar-refractivity contribution >= 4 is 38.2 Å². The van der Waals surface area contributed by atoms with E-state index in [1.54, 1.807) is 12.1 Å². The number of Topliss-reactive ketones (excluding diaryl/α,β-unsaturated/α-hetero) is 1. The Labute approximate surface area is 156 Å². The molecule has 3 aromatic carbocycles. The van der Waals surface area contributed by atoms with E-state index < -0.39 is 22.6 Å². The highest BCUT2D eigenvalue weighted by molar-refractivity contribution is 7.92. The van der Waals surface area contributed by atoms with Crippen LogP contribution >= 0.6 is 0 Å². The van der Waals surface area contributed by atoms with Crippen LogP contribution in [-0.2, 0) is 14.8 Å². The van der Waals surface area contributed by atoms with Crippen molar-refractivity contribution in [1.82, 2.24) is 0 Å². The van der Waals surface area contributed by atoms with E-state index in [2.05, 4.69) is 4.72 Å². The van der Waals surface area contributed by atoms with Crippen molar-refractivity contribution in [3.8, 4) is 0 Å². The van der Waals surface area contributed by atoms with Gasteiger partial charge in [-0.3, -0.25) is 9.52 Å². The summed E-state index contributed by atoms with van der Waals surface area (Å²) < 4.78 is 29.9. The minimum atomic E-state index is -3.38. The van der Waals surface area contributed by atoms with E-state index in [4.69, 9.17) is 4.74 Å². The molecular weight excluding hydrogens is 366 g/mol. The Morgan fingerprint density at radius 3 is 2.30 bits per heavy atom. The van der Waals surface area contributed by atoms with Crippen molar-refractivity contribution in [2.75, 3.05) is 17.6 Å². The molecule has 0 aliphatic carbocycles. The first-order valence-corrected chi connectivity index (χ1v) is 9.98. The third-order valence-corrected chi connectivity index (χ3v) is 4.46. The van der Waals surface area contributed by atoms with Crippen molar-refractivity contribution in [3.63, 3.8) is 0 Å². The molecule has 0 spiro atoms. The van der Waals surface area contributed by atoms with Crippen LogP contribution in [0.4, 0.5) is 5.69 Å². The maximum Gasteiger partial charge on any atom is 0.339 e. The zero-order valence-corrected chi connectivity index (χ0v) is 15.3. The summed E-state index contributed by atoms with van der Waals surface area (Å²) in [6.45, 7) is -0.402. The Balaban J connectivity index is 1.67. The van der Waals surface area contributed by atoms with Crippen molar-refractivity contribution in [1.29, 1.82) is 0 Å². The van der Waals surface area contributed by atoms with E-state index in [0.717, 1.165) is 17.0 Å². The molecule has 0 atom stereocenters. The topological polar surface area (TPSA) is 89.5 Å². The van der Waals surface area contributed by atoms with Crippen LogP contribution in [0.15, 0.2) is 66.7 Å². The van der Waals surface area contributed by atoms with Gasteiger partial charge >= 0.3 is 5.97 Å². The predicted molar refractivity (Wildman–Crippen MR) is 103 cm³/mol. The molecule has 27 heavy (non-hydrogen) atoms. The van der Waals surface area contributed by atoms with E-state index in [1.165, 1.54) is 24.3 Å². The lowest BCUT2D eigenvalue weighted by atomic mass is 10.0. The molecule has 0 radical (unpaired) electrons. The standard InChI is InChI=1S/C20H17NO5S/c1-27(24,25)21-16-11-9-15(10-12-16)19(22)13-26-20(23)18-8-4-6-14-5-2-3-7-17(14)18/h2-12,21H,13H2,1H3. The molecule has 7 heteroatoms. The molecule has 0 aliphatic heterocycles. The normalized spacial score (nSPS) is 11.1. The first-order valence-electron chi connectivity index (χ1n) is 8.09. The van der Waals surface area contributed by atoms with Crippen LogP contribution in [0.25, 0.3) is 10.8 Å². The van der Waals surface area contributed by atoms with Crippen LogP contribution in [0.1, 0.15) is 20.7 Å². The number of ketones is 1. The molecule has 138 valence electrons. The fourth-order valence-corrected chi connectivity index (χ4v) is 3.20. The average molecular weight is 383 g/mol. The molecule has 0 saturated heterocycles. The summed E-state index contributed by atoms with van der Waals surface area (Å²) in [5, 5.41) is 1.67. The smallest absolute Gasteiger partial charge is 0.339 e. The number of benzene rings is 3. The molecule has 0 amide bonds. The van der Waals surface area contributed by atoms with E-state index in [1.807, 2.05) is 30.3 Å². The summed E-state index contributed by atoms with van der Waals surface area (Å²) in [6, 6.07) is 18.6. The highest BCUT2D eigenvalue weighted by Gasteiger charge is 2.14. The number of anilines is 1. The molecule has 0 aromatic heterocycles. The van der Waals surface area contributed by atoms with Gasteiger partial charge in [-0.05, 0) is 41.1 Å². The second-order valence-corrected chi connectivity index (χ2v) is 7.73. The lowest BCUT2D eigenvalue weighted by molar-refractivity contribution is 0.0476. The second-order valence-electron chi connectivity index (χ2n) is 5.98. The van der Waals surface area contributed by atoms with Crippen LogP contribution < -0.4 is 4.72 Å². The van der Waals surface area contributed by atoms with Crippen LogP contribution in [0.5, 0.6) is 0 Å². The Bertz CT molecular complexity index is 1100. The Morgan fingerprint density at radius 1 is 0.926 bits per heavy atom. The lowest BCUT2D eigenvalue weighted by Gasteiger charge is -2.08. The van der Waals surface area contributed by atoms with Crippen LogP contribution in [0.3, 0.4) is 0 Å². The maximum atomic E-state index is 12.4. The highest BCUT2D eigenvalue weighted by atomic mass is 32.2. The number of carbonyl (C=O) groups excluding carboxylic acids is 2. The molecule has 0 heterocycles. The SMILES string of the molecule is CS(=O)(=O)Nc1ccc(C(=O)COC(=O)c2cccc3ccccc23)cc1. The summed E-state index contributed by atoms with van der Waals surface area (Å²) in [5.74, 6) is -0.954. The Morgan fingerprint density at radius 2 is 1.59 bits per heavy atom. The van der Waals surface area contributed by atoms with Gasteiger partial charge in [-0.1, -0.05) is 36.4 Å². The van der Waals surface area contributed by atoms with Crippen molar-refractivity contribution in [3.05, 3.63) is 77.9 Å². The average Bonchev–Trinajstić information content (AvgIpc) is 2.64. The molecule has 0 fully saturated rings.